The summed E-state index contributed by atoms with van der Waals surface area (Å²) >= 11 is 8.82. The third-order valence-corrected chi connectivity index (χ3v) is 4.10. The van der Waals surface area contributed by atoms with Crippen LogP contribution in [0.15, 0.2) is 62.4 Å². The third-order valence-electron chi connectivity index (χ3n) is 3.39. The van der Waals surface area contributed by atoms with E-state index >= 15 is 0 Å². The summed E-state index contributed by atoms with van der Waals surface area (Å²) in [5, 5.41) is 0.979. The van der Waals surface area contributed by atoms with Gasteiger partial charge in [0.1, 0.15) is 11.3 Å². The van der Waals surface area contributed by atoms with Crippen LogP contribution in [-0.4, -0.2) is 12.0 Å². The fraction of sp³-hybridized carbons (Fsp3) is 0.111. The Bertz CT molecular complexity index is 945. The van der Waals surface area contributed by atoms with E-state index in [9.17, 15) is 0 Å². The molecular weight excluding hydrogens is 374 g/mol. The quantitative estimate of drug-likeness (QED) is 0.458. The van der Waals surface area contributed by atoms with Crippen molar-refractivity contribution in [3.05, 3.63) is 64.1 Å². The average molecular weight is 388 g/mol. The molecule has 0 unspecified atom stereocenters. The van der Waals surface area contributed by atoms with Crippen LogP contribution >= 0.6 is 28.1 Å². The fourth-order valence-corrected chi connectivity index (χ4v) is 2.74. The zero-order valence-corrected chi connectivity index (χ0v) is 15.1. The number of thiocarbonyl (C=S) groups is 1. The molecule has 0 amide bonds. The molecule has 23 heavy (non-hydrogen) atoms. The summed E-state index contributed by atoms with van der Waals surface area (Å²) in [6.07, 6.45) is 0. The first-order chi connectivity index (χ1) is 11.1. The second kappa shape index (κ2) is 6.64. The Morgan fingerprint density at radius 3 is 2.52 bits per heavy atom. The number of methoxy groups -OCH3 is 1. The lowest BCUT2D eigenvalue weighted by molar-refractivity contribution is 0.415. The standard InChI is InChI=1S/C18H14BrNO2S/c1-11(23)16-10-12-9-13(19)3-8-17(12)22-18(16)20-14-4-6-15(21-2)7-5-14/h3-10H,1-2H3/b20-18-. The van der Waals surface area contributed by atoms with Gasteiger partial charge in [0.15, 0.2) is 0 Å². The molecule has 0 N–H and O–H groups in total. The molecule has 0 fully saturated rings. The number of rotatable bonds is 3. The maximum Gasteiger partial charge on any atom is 0.228 e. The summed E-state index contributed by atoms with van der Waals surface area (Å²) < 4.78 is 12.1. The van der Waals surface area contributed by atoms with Crippen molar-refractivity contribution in [2.75, 3.05) is 7.11 Å². The van der Waals surface area contributed by atoms with Crippen LogP contribution in [0.3, 0.4) is 0 Å². The normalized spacial score (nSPS) is 11.7. The van der Waals surface area contributed by atoms with E-state index in [0.717, 1.165) is 37.3 Å². The number of hydrogen-bond acceptors (Lipinski definition) is 4. The van der Waals surface area contributed by atoms with Gasteiger partial charge >= 0.3 is 0 Å². The van der Waals surface area contributed by atoms with Crippen LogP contribution < -0.4 is 10.3 Å². The fourth-order valence-electron chi connectivity index (χ4n) is 2.21. The predicted molar refractivity (Wildman–Crippen MR) is 99.5 cm³/mol. The van der Waals surface area contributed by atoms with Gasteiger partial charge in [0.05, 0.1) is 18.4 Å². The van der Waals surface area contributed by atoms with E-state index in [-0.39, 0.29) is 0 Å². The summed E-state index contributed by atoms with van der Waals surface area (Å²) in [6, 6.07) is 15.3. The van der Waals surface area contributed by atoms with Crippen molar-refractivity contribution in [2.45, 2.75) is 6.92 Å². The van der Waals surface area contributed by atoms with Crippen molar-refractivity contribution >= 4 is 49.7 Å². The second-order valence-electron chi connectivity index (χ2n) is 5.01. The van der Waals surface area contributed by atoms with Crippen molar-refractivity contribution in [1.29, 1.82) is 0 Å². The van der Waals surface area contributed by atoms with E-state index < -0.39 is 0 Å². The lowest BCUT2D eigenvalue weighted by Crippen LogP contribution is -2.12. The molecular formula is C18H14BrNO2S. The minimum atomic E-state index is 0.512. The number of benzene rings is 2. The Balaban J connectivity index is 2.21. The van der Waals surface area contributed by atoms with Crippen LogP contribution in [-0.2, 0) is 0 Å². The molecule has 0 bridgehead atoms. The van der Waals surface area contributed by atoms with Gasteiger partial charge in [-0.15, -0.1) is 0 Å². The molecule has 0 spiro atoms. The molecule has 3 rings (SSSR count). The maximum atomic E-state index is 5.96. The molecule has 0 atom stereocenters. The lowest BCUT2D eigenvalue weighted by atomic mass is 10.1. The molecule has 0 saturated carbocycles. The number of ether oxygens (including phenoxy) is 1. The summed E-state index contributed by atoms with van der Waals surface area (Å²) in [7, 11) is 1.64. The summed E-state index contributed by atoms with van der Waals surface area (Å²) in [5.74, 6) is 0.787. The lowest BCUT2D eigenvalue weighted by Gasteiger charge is -2.04. The molecule has 5 heteroatoms. The Morgan fingerprint density at radius 1 is 1.13 bits per heavy atom. The van der Waals surface area contributed by atoms with Crippen LogP contribution in [0.5, 0.6) is 5.75 Å². The molecule has 0 aliphatic heterocycles. The van der Waals surface area contributed by atoms with E-state index in [0.29, 0.717) is 5.55 Å². The molecule has 0 radical (unpaired) electrons. The first-order valence-corrected chi connectivity index (χ1v) is 8.20. The van der Waals surface area contributed by atoms with Gasteiger partial charge in [0, 0.05) is 14.7 Å². The first kappa shape index (κ1) is 15.9. The summed E-state index contributed by atoms with van der Waals surface area (Å²) in [4.78, 5) is 5.33. The maximum absolute atomic E-state index is 5.96. The van der Waals surface area contributed by atoms with Gasteiger partial charge in [-0.1, -0.05) is 28.1 Å². The highest BCUT2D eigenvalue weighted by atomic mass is 79.9. The molecule has 0 saturated heterocycles. The van der Waals surface area contributed by atoms with Crippen molar-refractivity contribution in [1.82, 2.24) is 0 Å². The molecule has 3 nitrogen and oxygen atoms in total. The molecule has 0 aliphatic carbocycles. The third kappa shape index (κ3) is 3.51. The first-order valence-electron chi connectivity index (χ1n) is 7.00. The van der Waals surface area contributed by atoms with Crippen molar-refractivity contribution in [2.24, 2.45) is 4.99 Å². The van der Waals surface area contributed by atoms with Crippen molar-refractivity contribution < 1.29 is 9.15 Å². The van der Waals surface area contributed by atoms with Crippen LogP contribution in [0.1, 0.15) is 12.5 Å². The van der Waals surface area contributed by atoms with Gasteiger partial charge in [-0.05, 0) is 55.5 Å². The highest BCUT2D eigenvalue weighted by Crippen LogP contribution is 2.21. The Hall–Kier alpha value is -1.98. The average Bonchev–Trinajstić information content (AvgIpc) is 2.55. The van der Waals surface area contributed by atoms with E-state index in [4.69, 9.17) is 21.4 Å². The topological polar surface area (TPSA) is 34.7 Å². The molecule has 116 valence electrons. The van der Waals surface area contributed by atoms with Gasteiger partial charge in [0.25, 0.3) is 0 Å². The number of fused-ring (bicyclic) bond motifs is 1. The minimum absolute atomic E-state index is 0.512. The zero-order chi connectivity index (χ0) is 16.4. The predicted octanol–water partition coefficient (Wildman–Crippen LogP) is 5.17. The Labute approximate surface area is 147 Å². The van der Waals surface area contributed by atoms with Gasteiger partial charge in [-0.25, -0.2) is 4.99 Å². The van der Waals surface area contributed by atoms with Gasteiger partial charge in [-0.2, -0.15) is 0 Å². The Morgan fingerprint density at radius 2 is 1.87 bits per heavy atom. The van der Waals surface area contributed by atoms with Crippen LogP contribution in [0.25, 0.3) is 11.0 Å². The van der Waals surface area contributed by atoms with Crippen molar-refractivity contribution in [3.63, 3.8) is 0 Å². The van der Waals surface area contributed by atoms with Gasteiger partial charge in [0.2, 0.25) is 5.55 Å². The summed E-state index contributed by atoms with van der Waals surface area (Å²) in [5.41, 5.74) is 2.88. The Kier molecular flexibility index (Phi) is 4.59. The van der Waals surface area contributed by atoms with Crippen LogP contribution in [0.4, 0.5) is 5.69 Å². The van der Waals surface area contributed by atoms with Gasteiger partial charge < -0.3 is 9.15 Å². The molecule has 0 aliphatic rings. The molecule has 1 heterocycles. The zero-order valence-electron chi connectivity index (χ0n) is 12.7. The monoisotopic (exact) mass is 387 g/mol. The number of nitrogens with zero attached hydrogens (tertiary/aromatic N) is 1. The molecule has 3 aromatic rings. The van der Waals surface area contributed by atoms with E-state index in [1.54, 1.807) is 7.11 Å². The van der Waals surface area contributed by atoms with Crippen LogP contribution in [0.2, 0.25) is 0 Å². The largest absolute Gasteiger partial charge is 0.497 e. The second-order valence-corrected chi connectivity index (χ2v) is 6.54. The van der Waals surface area contributed by atoms with E-state index in [1.165, 1.54) is 0 Å². The van der Waals surface area contributed by atoms with Gasteiger partial charge in [-0.3, -0.25) is 0 Å². The minimum Gasteiger partial charge on any atom is -0.497 e. The smallest absolute Gasteiger partial charge is 0.228 e. The number of halogens is 1. The van der Waals surface area contributed by atoms with Crippen LogP contribution in [0, 0.1) is 0 Å². The van der Waals surface area contributed by atoms with E-state index in [1.807, 2.05) is 55.5 Å². The SMILES string of the molecule is COc1ccc(/N=c2\oc3ccc(Br)cc3cc2C(C)=S)cc1. The van der Waals surface area contributed by atoms with Crippen molar-refractivity contribution in [3.8, 4) is 5.75 Å². The highest BCUT2D eigenvalue weighted by molar-refractivity contribution is 9.10. The number of hydrogen-bond donors (Lipinski definition) is 0. The highest BCUT2D eigenvalue weighted by Gasteiger charge is 2.06. The molecule has 1 aromatic heterocycles. The van der Waals surface area contributed by atoms with E-state index in [2.05, 4.69) is 20.9 Å². The molecule has 2 aromatic carbocycles. The summed E-state index contributed by atoms with van der Waals surface area (Å²) in [6.45, 7) is 1.87.